The summed E-state index contributed by atoms with van der Waals surface area (Å²) in [5.41, 5.74) is 1.01. The zero-order chi connectivity index (χ0) is 15.0. The predicted molar refractivity (Wildman–Crippen MR) is 78.5 cm³/mol. The molecule has 1 aromatic carbocycles. The Bertz CT molecular complexity index is 431. The molecule has 0 heterocycles. The van der Waals surface area contributed by atoms with E-state index in [1.54, 1.807) is 0 Å². The van der Waals surface area contributed by atoms with Crippen molar-refractivity contribution in [1.29, 1.82) is 0 Å². The maximum absolute atomic E-state index is 12.3. The molecule has 0 radical (unpaired) electrons. The number of carbonyl (C=O) groups excluding carboxylic acids is 1. The Morgan fingerprint density at radius 1 is 1.25 bits per heavy atom. The molecule has 0 aliphatic rings. The molecule has 0 aromatic heterocycles. The summed E-state index contributed by atoms with van der Waals surface area (Å²) in [5.74, 6) is -1.07. The van der Waals surface area contributed by atoms with Crippen LogP contribution < -0.4 is 5.32 Å². The lowest BCUT2D eigenvalue weighted by Crippen LogP contribution is -2.33. The van der Waals surface area contributed by atoms with E-state index in [-0.39, 0.29) is 24.2 Å². The number of carbonyl (C=O) groups is 2. The van der Waals surface area contributed by atoms with Crippen LogP contribution in [0, 0.1) is 5.92 Å². The van der Waals surface area contributed by atoms with E-state index in [4.69, 9.17) is 5.11 Å². The van der Waals surface area contributed by atoms with Crippen LogP contribution in [0.2, 0.25) is 0 Å². The summed E-state index contributed by atoms with van der Waals surface area (Å²) in [6.07, 6.45) is 1.80. The topological polar surface area (TPSA) is 66.4 Å². The van der Waals surface area contributed by atoms with Gasteiger partial charge in [0.2, 0.25) is 5.91 Å². The highest BCUT2D eigenvalue weighted by atomic mass is 16.4. The number of hydrogen-bond donors (Lipinski definition) is 2. The fourth-order valence-electron chi connectivity index (χ4n) is 2.19. The molecule has 1 rings (SSSR count). The van der Waals surface area contributed by atoms with E-state index >= 15 is 0 Å². The van der Waals surface area contributed by atoms with E-state index in [1.165, 1.54) is 0 Å². The van der Waals surface area contributed by atoms with Gasteiger partial charge in [0.05, 0.1) is 5.92 Å². The zero-order valence-electron chi connectivity index (χ0n) is 12.1. The Balaban J connectivity index is 2.59. The second-order valence-electron chi connectivity index (χ2n) is 5.20. The Labute approximate surface area is 120 Å². The van der Waals surface area contributed by atoms with Crippen LogP contribution in [0.1, 0.15) is 44.6 Å². The summed E-state index contributed by atoms with van der Waals surface area (Å²) < 4.78 is 0. The third-order valence-electron chi connectivity index (χ3n) is 3.24. The SMILES string of the molecule is CCCC(C(=O)NCC(C)CC(=O)O)c1ccccc1. The molecule has 20 heavy (non-hydrogen) atoms. The average Bonchev–Trinajstić information content (AvgIpc) is 2.42. The maximum Gasteiger partial charge on any atom is 0.303 e. The quantitative estimate of drug-likeness (QED) is 0.768. The van der Waals surface area contributed by atoms with Crippen molar-refractivity contribution in [3.8, 4) is 0 Å². The first-order chi connectivity index (χ1) is 9.54. The standard InChI is InChI=1S/C16H23NO3/c1-3-7-14(13-8-5-4-6-9-13)16(20)17-11-12(2)10-15(18)19/h4-6,8-9,12,14H,3,7,10-11H2,1-2H3,(H,17,20)(H,18,19). The molecule has 2 atom stereocenters. The van der Waals surface area contributed by atoms with Gasteiger partial charge < -0.3 is 10.4 Å². The lowest BCUT2D eigenvalue weighted by atomic mass is 9.93. The van der Waals surface area contributed by atoms with Crippen LogP contribution in [0.5, 0.6) is 0 Å². The van der Waals surface area contributed by atoms with E-state index in [9.17, 15) is 9.59 Å². The van der Waals surface area contributed by atoms with E-state index in [0.717, 1.165) is 18.4 Å². The fourth-order valence-corrected chi connectivity index (χ4v) is 2.19. The summed E-state index contributed by atoms with van der Waals surface area (Å²) >= 11 is 0. The van der Waals surface area contributed by atoms with Crippen LogP contribution >= 0.6 is 0 Å². The summed E-state index contributed by atoms with van der Waals surface area (Å²) in [5, 5.41) is 11.6. The van der Waals surface area contributed by atoms with Gasteiger partial charge in [-0.1, -0.05) is 50.6 Å². The van der Waals surface area contributed by atoms with Gasteiger partial charge >= 0.3 is 5.97 Å². The third-order valence-corrected chi connectivity index (χ3v) is 3.24. The molecule has 0 fully saturated rings. The van der Waals surface area contributed by atoms with Crippen molar-refractivity contribution < 1.29 is 14.7 Å². The van der Waals surface area contributed by atoms with Crippen molar-refractivity contribution in [2.45, 2.75) is 39.0 Å². The summed E-state index contributed by atoms with van der Waals surface area (Å²) in [6, 6.07) is 9.71. The van der Waals surface area contributed by atoms with E-state index in [1.807, 2.05) is 37.3 Å². The number of rotatable bonds is 8. The van der Waals surface area contributed by atoms with Crippen molar-refractivity contribution in [3.63, 3.8) is 0 Å². The highest BCUT2D eigenvalue weighted by Crippen LogP contribution is 2.21. The van der Waals surface area contributed by atoms with Crippen LogP contribution in [0.15, 0.2) is 30.3 Å². The molecule has 110 valence electrons. The van der Waals surface area contributed by atoms with Crippen molar-refractivity contribution >= 4 is 11.9 Å². The Hall–Kier alpha value is -1.84. The molecule has 0 saturated heterocycles. The van der Waals surface area contributed by atoms with Gasteiger partial charge in [0.1, 0.15) is 0 Å². The summed E-state index contributed by atoms with van der Waals surface area (Å²) in [7, 11) is 0. The minimum atomic E-state index is -0.833. The lowest BCUT2D eigenvalue weighted by molar-refractivity contribution is -0.138. The highest BCUT2D eigenvalue weighted by Gasteiger charge is 2.20. The second kappa shape index (κ2) is 8.35. The fraction of sp³-hybridized carbons (Fsp3) is 0.500. The smallest absolute Gasteiger partial charge is 0.303 e. The van der Waals surface area contributed by atoms with Crippen molar-refractivity contribution in [3.05, 3.63) is 35.9 Å². The highest BCUT2D eigenvalue weighted by molar-refractivity contribution is 5.83. The lowest BCUT2D eigenvalue weighted by Gasteiger charge is -2.18. The molecule has 2 N–H and O–H groups in total. The normalized spacial score (nSPS) is 13.5. The van der Waals surface area contributed by atoms with Gasteiger partial charge in [0, 0.05) is 13.0 Å². The Morgan fingerprint density at radius 3 is 2.45 bits per heavy atom. The van der Waals surface area contributed by atoms with Crippen LogP contribution in [0.3, 0.4) is 0 Å². The molecule has 0 spiro atoms. The molecule has 0 aliphatic carbocycles. The van der Waals surface area contributed by atoms with Crippen molar-refractivity contribution in [1.82, 2.24) is 5.32 Å². The number of nitrogens with one attached hydrogen (secondary N) is 1. The zero-order valence-corrected chi connectivity index (χ0v) is 12.1. The Morgan fingerprint density at radius 2 is 1.90 bits per heavy atom. The van der Waals surface area contributed by atoms with Crippen molar-refractivity contribution in [2.24, 2.45) is 5.92 Å². The number of amides is 1. The molecular formula is C16H23NO3. The van der Waals surface area contributed by atoms with Gasteiger partial charge in [-0.2, -0.15) is 0 Å². The van der Waals surface area contributed by atoms with Crippen LogP contribution in [-0.4, -0.2) is 23.5 Å². The largest absolute Gasteiger partial charge is 0.481 e. The van der Waals surface area contributed by atoms with Gasteiger partial charge in [0.15, 0.2) is 0 Å². The van der Waals surface area contributed by atoms with Crippen molar-refractivity contribution in [2.75, 3.05) is 6.54 Å². The van der Waals surface area contributed by atoms with Gasteiger partial charge in [-0.05, 0) is 17.9 Å². The van der Waals surface area contributed by atoms with Crippen LogP contribution in [0.25, 0.3) is 0 Å². The molecule has 4 heteroatoms. The first-order valence-corrected chi connectivity index (χ1v) is 7.09. The molecule has 2 unspecified atom stereocenters. The van der Waals surface area contributed by atoms with Gasteiger partial charge in [-0.3, -0.25) is 9.59 Å². The average molecular weight is 277 g/mol. The third kappa shape index (κ3) is 5.43. The van der Waals surface area contributed by atoms with E-state index in [2.05, 4.69) is 12.2 Å². The first-order valence-electron chi connectivity index (χ1n) is 7.09. The summed E-state index contributed by atoms with van der Waals surface area (Å²) in [4.78, 5) is 22.9. The molecule has 1 aromatic rings. The van der Waals surface area contributed by atoms with E-state index < -0.39 is 5.97 Å². The number of benzene rings is 1. The minimum absolute atomic E-state index is 0.0183. The van der Waals surface area contributed by atoms with Gasteiger partial charge in [0.25, 0.3) is 0 Å². The minimum Gasteiger partial charge on any atom is -0.481 e. The summed E-state index contributed by atoms with van der Waals surface area (Å²) in [6.45, 7) is 4.28. The number of carboxylic acids is 1. The monoisotopic (exact) mass is 277 g/mol. The van der Waals surface area contributed by atoms with Crippen LogP contribution in [-0.2, 0) is 9.59 Å². The number of carboxylic acid groups (broad SMARTS) is 1. The molecule has 1 amide bonds. The predicted octanol–water partition coefficient (Wildman–Crippen LogP) is 2.80. The Kier molecular flexibility index (Phi) is 6.77. The molecular weight excluding hydrogens is 254 g/mol. The van der Waals surface area contributed by atoms with Crippen LogP contribution in [0.4, 0.5) is 0 Å². The van der Waals surface area contributed by atoms with Gasteiger partial charge in [-0.25, -0.2) is 0 Å². The van der Waals surface area contributed by atoms with Gasteiger partial charge in [-0.15, -0.1) is 0 Å². The molecule has 0 bridgehead atoms. The number of aliphatic carboxylic acids is 1. The molecule has 4 nitrogen and oxygen atoms in total. The molecule has 0 saturated carbocycles. The number of hydrogen-bond acceptors (Lipinski definition) is 2. The maximum atomic E-state index is 12.3. The second-order valence-corrected chi connectivity index (χ2v) is 5.20. The van der Waals surface area contributed by atoms with E-state index in [0.29, 0.717) is 6.54 Å². The molecule has 0 aliphatic heterocycles. The first kappa shape index (κ1) is 16.2.